The van der Waals surface area contributed by atoms with Crippen molar-refractivity contribution in [3.8, 4) is 0 Å². The first-order chi connectivity index (χ1) is 18.9. The highest BCUT2D eigenvalue weighted by atomic mass is 31.2. The van der Waals surface area contributed by atoms with Crippen molar-refractivity contribution in [2.45, 2.75) is 32.9 Å². The van der Waals surface area contributed by atoms with Crippen LogP contribution in [0.15, 0.2) is 97.1 Å². The number of amides is 2. The third-order valence-corrected chi connectivity index (χ3v) is 7.55. The molecule has 0 saturated heterocycles. The fourth-order valence-corrected chi connectivity index (χ4v) is 5.26. The van der Waals surface area contributed by atoms with E-state index in [2.05, 4.69) is 10.6 Å². The van der Waals surface area contributed by atoms with Crippen molar-refractivity contribution < 1.29 is 27.9 Å². The molecule has 3 rings (SSSR count). The van der Waals surface area contributed by atoms with Crippen molar-refractivity contribution in [1.29, 1.82) is 0 Å². The van der Waals surface area contributed by atoms with Gasteiger partial charge in [0.2, 0.25) is 5.91 Å². The van der Waals surface area contributed by atoms with Crippen LogP contribution in [0, 0.1) is 0 Å². The Morgan fingerprint density at radius 2 is 1.36 bits per heavy atom. The zero-order valence-corrected chi connectivity index (χ0v) is 23.1. The second-order valence-corrected chi connectivity index (χ2v) is 10.7. The van der Waals surface area contributed by atoms with Gasteiger partial charge in [0.25, 0.3) is 0 Å². The summed E-state index contributed by atoms with van der Waals surface area (Å²) >= 11 is 0. The molecule has 0 unspecified atom stereocenters. The molecule has 0 bridgehead atoms. The topological polar surface area (TPSA) is 103 Å². The molecule has 2 amide bonds. The first kappa shape index (κ1) is 29.8. The molecule has 0 aromatic heterocycles. The molecule has 0 fully saturated rings. The summed E-state index contributed by atoms with van der Waals surface area (Å²) in [5.74, 6) is -0.451. The van der Waals surface area contributed by atoms with Crippen molar-refractivity contribution in [1.82, 2.24) is 10.6 Å². The zero-order chi connectivity index (χ0) is 27.9. The Hall–Kier alpha value is -3.71. The van der Waals surface area contributed by atoms with Crippen LogP contribution >= 0.6 is 7.60 Å². The molecule has 3 aromatic rings. The van der Waals surface area contributed by atoms with Gasteiger partial charge < -0.3 is 24.4 Å². The fourth-order valence-electron chi connectivity index (χ4n) is 3.78. The normalized spacial score (nSPS) is 12.4. The maximum absolute atomic E-state index is 13.6. The van der Waals surface area contributed by atoms with Gasteiger partial charge in [0.05, 0.1) is 19.4 Å². The summed E-state index contributed by atoms with van der Waals surface area (Å²) in [6, 6.07) is 26.9. The lowest BCUT2D eigenvalue weighted by Crippen LogP contribution is -2.47. The quantitative estimate of drug-likeness (QED) is 0.241. The number of carbonyl (C=O) groups is 2. The number of alkyl carbamates (subject to hydrolysis) is 1. The molecular formula is C30H35N2O6P. The first-order valence-corrected chi connectivity index (χ1v) is 14.6. The monoisotopic (exact) mass is 550 g/mol. The summed E-state index contributed by atoms with van der Waals surface area (Å²) in [6.07, 6.45) is 1.13. The minimum Gasteiger partial charge on any atom is -0.445 e. The SMILES string of the molecule is CCOP(=O)(C/C=C(/NC(=O)[C@H](Cc1ccccc1)NC(=O)OCc1ccccc1)c1ccccc1)OCC. The van der Waals surface area contributed by atoms with E-state index >= 15 is 0 Å². The minimum absolute atomic E-state index is 0.0327. The number of hydrogen-bond donors (Lipinski definition) is 2. The van der Waals surface area contributed by atoms with Crippen molar-refractivity contribution in [2.24, 2.45) is 0 Å². The Labute approximate surface area is 229 Å². The Morgan fingerprint density at radius 1 is 0.821 bits per heavy atom. The Bertz CT molecular complexity index is 1240. The van der Waals surface area contributed by atoms with Crippen LogP contribution in [0.2, 0.25) is 0 Å². The molecule has 0 aliphatic rings. The number of carbonyl (C=O) groups excluding carboxylic acids is 2. The van der Waals surface area contributed by atoms with Crippen LogP contribution in [-0.2, 0) is 36.2 Å². The van der Waals surface area contributed by atoms with Gasteiger partial charge in [0.15, 0.2) is 0 Å². The van der Waals surface area contributed by atoms with Crippen LogP contribution < -0.4 is 10.6 Å². The zero-order valence-electron chi connectivity index (χ0n) is 22.2. The van der Waals surface area contributed by atoms with Gasteiger partial charge >= 0.3 is 13.7 Å². The maximum atomic E-state index is 13.6. The lowest BCUT2D eigenvalue weighted by molar-refractivity contribution is -0.121. The predicted molar refractivity (Wildman–Crippen MR) is 152 cm³/mol. The number of ether oxygens (including phenoxy) is 1. The lowest BCUT2D eigenvalue weighted by atomic mass is 10.0. The third-order valence-electron chi connectivity index (χ3n) is 5.62. The number of rotatable bonds is 14. The van der Waals surface area contributed by atoms with Crippen molar-refractivity contribution in [3.63, 3.8) is 0 Å². The standard InChI is InChI=1S/C30H35N2O6P/c1-3-37-39(35,38-4-2)21-20-27(26-18-12-7-13-19-26)31-29(33)28(22-24-14-8-5-9-15-24)32-30(34)36-23-25-16-10-6-11-17-25/h5-20,28H,3-4,21-23H2,1-2H3,(H,31,33)(H,32,34)/b27-20+/t28-/m0/s1. The van der Waals surface area contributed by atoms with Crippen molar-refractivity contribution >= 4 is 25.3 Å². The van der Waals surface area contributed by atoms with E-state index in [1.54, 1.807) is 19.9 Å². The summed E-state index contributed by atoms with van der Waals surface area (Å²) in [7, 11) is -3.39. The van der Waals surface area contributed by atoms with Gasteiger partial charge in [0, 0.05) is 12.1 Å². The first-order valence-electron chi connectivity index (χ1n) is 12.9. The second kappa shape index (κ2) is 15.6. The summed E-state index contributed by atoms with van der Waals surface area (Å²) in [5.41, 5.74) is 2.83. The van der Waals surface area contributed by atoms with Gasteiger partial charge in [-0.2, -0.15) is 0 Å². The average molecular weight is 551 g/mol. The fraction of sp³-hybridized carbons (Fsp3) is 0.267. The molecule has 0 spiro atoms. The molecule has 0 radical (unpaired) electrons. The summed E-state index contributed by atoms with van der Waals surface area (Å²) in [6.45, 7) is 4.02. The Balaban J connectivity index is 1.81. The highest BCUT2D eigenvalue weighted by Crippen LogP contribution is 2.48. The van der Waals surface area contributed by atoms with Crippen LogP contribution in [0.4, 0.5) is 4.79 Å². The molecule has 2 N–H and O–H groups in total. The average Bonchev–Trinajstić information content (AvgIpc) is 2.95. The molecule has 39 heavy (non-hydrogen) atoms. The van der Waals surface area contributed by atoms with Gasteiger partial charge in [-0.15, -0.1) is 0 Å². The molecule has 206 valence electrons. The highest BCUT2D eigenvalue weighted by molar-refractivity contribution is 7.54. The van der Waals surface area contributed by atoms with E-state index in [-0.39, 0.29) is 32.4 Å². The molecule has 0 aliphatic heterocycles. The van der Waals surface area contributed by atoms with Crippen molar-refractivity contribution in [3.05, 3.63) is 114 Å². The molecule has 0 aliphatic carbocycles. The van der Waals surface area contributed by atoms with E-state index in [1.807, 2.05) is 91.0 Å². The number of benzene rings is 3. The Morgan fingerprint density at radius 3 is 1.92 bits per heavy atom. The van der Waals surface area contributed by atoms with Crippen LogP contribution in [0.25, 0.3) is 5.70 Å². The van der Waals surface area contributed by atoms with E-state index in [0.29, 0.717) is 11.3 Å². The van der Waals surface area contributed by atoms with E-state index in [1.165, 1.54) is 0 Å². The Kier molecular flexibility index (Phi) is 12.0. The molecule has 1 atom stereocenters. The summed E-state index contributed by atoms with van der Waals surface area (Å²) < 4.78 is 29.2. The van der Waals surface area contributed by atoms with Crippen LogP contribution in [0.3, 0.4) is 0 Å². The molecular weight excluding hydrogens is 515 g/mol. The van der Waals surface area contributed by atoms with Crippen LogP contribution in [-0.4, -0.2) is 37.4 Å². The van der Waals surface area contributed by atoms with E-state index in [4.69, 9.17) is 13.8 Å². The van der Waals surface area contributed by atoms with Gasteiger partial charge in [0.1, 0.15) is 12.6 Å². The van der Waals surface area contributed by atoms with Gasteiger partial charge in [-0.3, -0.25) is 9.36 Å². The molecule has 3 aromatic carbocycles. The second-order valence-electron chi connectivity index (χ2n) is 8.55. The summed E-state index contributed by atoms with van der Waals surface area (Å²) in [4.78, 5) is 26.2. The number of nitrogens with one attached hydrogen (secondary N) is 2. The van der Waals surface area contributed by atoms with Crippen LogP contribution in [0.5, 0.6) is 0 Å². The molecule has 0 saturated carbocycles. The largest absolute Gasteiger partial charge is 0.445 e. The smallest absolute Gasteiger partial charge is 0.408 e. The van der Waals surface area contributed by atoms with E-state index in [0.717, 1.165) is 11.1 Å². The van der Waals surface area contributed by atoms with Crippen molar-refractivity contribution in [2.75, 3.05) is 19.4 Å². The van der Waals surface area contributed by atoms with E-state index < -0.39 is 25.6 Å². The number of allylic oxidation sites excluding steroid dienone is 1. The third kappa shape index (κ3) is 10.2. The molecule has 8 nitrogen and oxygen atoms in total. The minimum atomic E-state index is -3.39. The number of hydrogen-bond acceptors (Lipinski definition) is 6. The predicted octanol–water partition coefficient (Wildman–Crippen LogP) is 5.95. The van der Waals surface area contributed by atoms with Gasteiger partial charge in [-0.25, -0.2) is 4.79 Å². The van der Waals surface area contributed by atoms with Gasteiger partial charge in [-0.05, 0) is 36.6 Å². The molecule has 9 heteroatoms. The lowest BCUT2D eigenvalue weighted by Gasteiger charge is -2.21. The molecule has 0 heterocycles. The maximum Gasteiger partial charge on any atom is 0.408 e. The van der Waals surface area contributed by atoms with Gasteiger partial charge in [-0.1, -0.05) is 91.0 Å². The van der Waals surface area contributed by atoms with Crippen LogP contribution in [0.1, 0.15) is 30.5 Å². The highest BCUT2D eigenvalue weighted by Gasteiger charge is 2.25. The summed E-state index contributed by atoms with van der Waals surface area (Å²) in [5, 5.41) is 5.61. The van der Waals surface area contributed by atoms with E-state index in [9.17, 15) is 14.2 Å².